The smallest absolute Gasteiger partial charge is 0.409 e. The number of nitrogens with one attached hydrogen (secondary N) is 2. The van der Waals surface area contributed by atoms with Gasteiger partial charge in [0.25, 0.3) is 0 Å². The number of nitrogen functional groups attached to an aromatic ring is 1. The molecule has 0 radical (unpaired) electrons. The molecule has 0 aromatic carbocycles. The molecular weight excluding hydrogens is 162 g/mol. The molecule has 64 valence electrons. The third-order valence-electron chi connectivity index (χ3n) is 1.22. The van der Waals surface area contributed by atoms with E-state index in [2.05, 4.69) is 4.98 Å². The molecule has 0 fully saturated rings. The van der Waals surface area contributed by atoms with Gasteiger partial charge in [-0.1, -0.05) is 0 Å². The number of pyridine rings is 1. The van der Waals surface area contributed by atoms with E-state index in [1.807, 2.05) is 5.32 Å². The van der Waals surface area contributed by atoms with E-state index >= 15 is 0 Å². The summed E-state index contributed by atoms with van der Waals surface area (Å²) in [4.78, 5) is 23.6. The second kappa shape index (κ2) is 2.95. The summed E-state index contributed by atoms with van der Waals surface area (Å²) in [5.41, 5.74) is 4.68. The Hall–Kier alpha value is -1.98. The van der Waals surface area contributed by atoms with E-state index in [0.717, 1.165) is 0 Å². The van der Waals surface area contributed by atoms with Crippen molar-refractivity contribution >= 4 is 17.6 Å². The first-order valence-corrected chi connectivity index (χ1v) is 3.08. The molecule has 0 aliphatic heterocycles. The lowest BCUT2D eigenvalue weighted by atomic mass is 10.4. The zero-order chi connectivity index (χ0) is 9.14. The number of hydrogen-bond donors (Lipinski definition) is 4. The number of nitrogens with two attached hydrogens (primary N) is 1. The van der Waals surface area contributed by atoms with Crippen molar-refractivity contribution < 1.29 is 9.90 Å². The largest absolute Gasteiger partial charge is 0.465 e. The number of H-pyrrole nitrogens is 1. The van der Waals surface area contributed by atoms with Crippen LogP contribution < -0.4 is 16.5 Å². The lowest BCUT2D eigenvalue weighted by Gasteiger charge is -2.01. The van der Waals surface area contributed by atoms with Gasteiger partial charge in [0.1, 0.15) is 11.5 Å². The number of carboxylic acid groups (broad SMARTS) is 1. The zero-order valence-electron chi connectivity index (χ0n) is 6.00. The second-order valence-electron chi connectivity index (χ2n) is 2.06. The molecule has 6 nitrogen and oxygen atoms in total. The van der Waals surface area contributed by atoms with Crippen molar-refractivity contribution in [2.24, 2.45) is 0 Å². The molecule has 1 heterocycles. The molecule has 1 aromatic rings. The van der Waals surface area contributed by atoms with Gasteiger partial charge in [0.05, 0.1) is 0 Å². The average molecular weight is 169 g/mol. The van der Waals surface area contributed by atoms with Crippen molar-refractivity contribution in [3.63, 3.8) is 0 Å². The van der Waals surface area contributed by atoms with Crippen LogP contribution >= 0.6 is 0 Å². The fourth-order valence-corrected chi connectivity index (χ4v) is 0.731. The molecule has 6 heteroatoms. The van der Waals surface area contributed by atoms with Crippen molar-refractivity contribution in [3.8, 4) is 0 Å². The molecular formula is C6H7N3O3. The maximum atomic E-state index is 10.9. The fraction of sp³-hybridized carbons (Fsp3) is 0. The lowest BCUT2D eigenvalue weighted by molar-refractivity contribution is 0.209. The van der Waals surface area contributed by atoms with Crippen LogP contribution in [0.2, 0.25) is 0 Å². The van der Waals surface area contributed by atoms with Crippen LogP contribution in [-0.2, 0) is 0 Å². The molecule has 5 N–H and O–H groups in total. The second-order valence-corrected chi connectivity index (χ2v) is 2.06. The predicted octanol–water partition coefficient (Wildman–Crippen LogP) is 0.0470. The molecule has 12 heavy (non-hydrogen) atoms. The molecule has 0 aliphatic rings. The summed E-state index contributed by atoms with van der Waals surface area (Å²) in [6, 6.07) is 1.18. The van der Waals surface area contributed by atoms with E-state index in [1.54, 1.807) is 0 Å². The number of aromatic nitrogens is 1. The van der Waals surface area contributed by atoms with Gasteiger partial charge in [-0.15, -0.1) is 0 Å². The third-order valence-corrected chi connectivity index (χ3v) is 1.22. The number of hydrogen-bond acceptors (Lipinski definition) is 3. The van der Waals surface area contributed by atoms with Crippen molar-refractivity contribution in [3.05, 3.63) is 22.5 Å². The number of anilines is 2. The summed E-state index contributed by atoms with van der Waals surface area (Å²) in [6.45, 7) is 0. The minimum absolute atomic E-state index is 0.00454. The molecule has 0 saturated carbocycles. The van der Waals surface area contributed by atoms with Gasteiger partial charge in [-0.05, 0) is 0 Å². The van der Waals surface area contributed by atoms with Crippen LogP contribution in [0.4, 0.5) is 16.3 Å². The average Bonchev–Trinajstić information content (AvgIpc) is 1.97. The standard InChI is InChI=1S/C6H7N3O3/c7-5-4(9-6(11)12)3(10)1-2-8-5/h1-2,9H,(H,11,12)(H3,7,8,10). The molecule has 1 rings (SSSR count). The molecule has 0 saturated heterocycles. The maximum Gasteiger partial charge on any atom is 0.409 e. The topological polar surface area (TPSA) is 108 Å². The summed E-state index contributed by atoms with van der Waals surface area (Å²) < 4.78 is 0. The lowest BCUT2D eigenvalue weighted by Crippen LogP contribution is -2.17. The van der Waals surface area contributed by atoms with E-state index in [0.29, 0.717) is 0 Å². The highest BCUT2D eigenvalue weighted by Crippen LogP contribution is 2.06. The Kier molecular flexibility index (Phi) is 2.00. The highest BCUT2D eigenvalue weighted by atomic mass is 16.4. The van der Waals surface area contributed by atoms with E-state index in [1.165, 1.54) is 12.3 Å². The van der Waals surface area contributed by atoms with Crippen LogP contribution in [0, 0.1) is 0 Å². The van der Waals surface area contributed by atoms with Gasteiger partial charge >= 0.3 is 6.09 Å². The first kappa shape index (κ1) is 8.12. The SMILES string of the molecule is Nc1[nH]ccc(=O)c1NC(=O)O. The number of amides is 1. The third kappa shape index (κ3) is 1.54. The van der Waals surface area contributed by atoms with Crippen LogP contribution in [0.25, 0.3) is 0 Å². The quantitative estimate of drug-likeness (QED) is 0.476. The van der Waals surface area contributed by atoms with Crippen LogP contribution in [0.3, 0.4) is 0 Å². The Labute approximate surface area is 67.0 Å². The monoisotopic (exact) mass is 169 g/mol. The molecule has 0 spiro atoms. The van der Waals surface area contributed by atoms with Gasteiger partial charge in [-0.2, -0.15) is 0 Å². The Balaban J connectivity index is 3.13. The van der Waals surface area contributed by atoms with E-state index < -0.39 is 11.5 Å². The van der Waals surface area contributed by atoms with Crippen LogP contribution in [-0.4, -0.2) is 16.2 Å². The highest BCUT2D eigenvalue weighted by molar-refractivity contribution is 5.86. The number of rotatable bonds is 1. The molecule has 0 atom stereocenters. The summed E-state index contributed by atoms with van der Waals surface area (Å²) in [5.74, 6) is 0.00454. The minimum Gasteiger partial charge on any atom is -0.465 e. The first-order valence-electron chi connectivity index (χ1n) is 3.08. The van der Waals surface area contributed by atoms with Gasteiger partial charge in [0.2, 0.25) is 5.43 Å². The van der Waals surface area contributed by atoms with Gasteiger partial charge < -0.3 is 15.8 Å². The van der Waals surface area contributed by atoms with Gasteiger partial charge in [-0.25, -0.2) is 4.79 Å². The Morgan fingerprint density at radius 3 is 2.83 bits per heavy atom. The van der Waals surface area contributed by atoms with E-state index in [4.69, 9.17) is 10.8 Å². The van der Waals surface area contributed by atoms with Crippen molar-refractivity contribution in [2.45, 2.75) is 0 Å². The summed E-state index contributed by atoms with van der Waals surface area (Å²) in [6.07, 6.45) is 0.0171. The molecule has 1 aromatic heterocycles. The summed E-state index contributed by atoms with van der Waals surface area (Å²) in [5, 5.41) is 10.2. The predicted molar refractivity (Wildman–Crippen MR) is 43.1 cm³/mol. The molecule has 1 amide bonds. The fourth-order valence-electron chi connectivity index (χ4n) is 0.731. The first-order chi connectivity index (χ1) is 5.61. The number of carbonyl (C=O) groups is 1. The van der Waals surface area contributed by atoms with Crippen molar-refractivity contribution in [1.29, 1.82) is 0 Å². The Bertz CT molecular complexity index is 357. The number of aromatic amines is 1. The Morgan fingerprint density at radius 1 is 1.67 bits per heavy atom. The molecule has 0 aliphatic carbocycles. The van der Waals surface area contributed by atoms with Gasteiger partial charge in [0, 0.05) is 12.3 Å². The van der Waals surface area contributed by atoms with E-state index in [-0.39, 0.29) is 11.5 Å². The van der Waals surface area contributed by atoms with Crippen LogP contribution in [0.1, 0.15) is 0 Å². The van der Waals surface area contributed by atoms with Crippen molar-refractivity contribution in [1.82, 2.24) is 4.98 Å². The van der Waals surface area contributed by atoms with Gasteiger partial charge in [-0.3, -0.25) is 10.1 Å². The van der Waals surface area contributed by atoms with E-state index in [9.17, 15) is 9.59 Å². The zero-order valence-corrected chi connectivity index (χ0v) is 6.00. The summed E-state index contributed by atoms with van der Waals surface area (Å²) in [7, 11) is 0. The molecule has 0 unspecified atom stereocenters. The van der Waals surface area contributed by atoms with Gasteiger partial charge in [0.15, 0.2) is 0 Å². The summed E-state index contributed by atoms with van der Waals surface area (Å²) >= 11 is 0. The van der Waals surface area contributed by atoms with Crippen molar-refractivity contribution in [2.75, 3.05) is 11.1 Å². The minimum atomic E-state index is -1.32. The highest BCUT2D eigenvalue weighted by Gasteiger charge is 2.05. The molecule has 0 bridgehead atoms. The van der Waals surface area contributed by atoms with Crippen LogP contribution in [0.15, 0.2) is 17.1 Å². The normalized spacial score (nSPS) is 9.33. The Morgan fingerprint density at radius 2 is 2.33 bits per heavy atom. The maximum absolute atomic E-state index is 10.9. The van der Waals surface area contributed by atoms with Crippen LogP contribution in [0.5, 0.6) is 0 Å².